The molecule has 0 radical (unpaired) electrons. The first-order valence-corrected chi connectivity index (χ1v) is 5.68. The van der Waals surface area contributed by atoms with Crippen LogP contribution in [0.4, 0.5) is 0 Å². The molecule has 0 aliphatic heterocycles. The predicted molar refractivity (Wildman–Crippen MR) is 66.1 cm³/mol. The number of hydrogen-bond donors (Lipinski definition) is 0. The van der Waals surface area contributed by atoms with Gasteiger partial charge in [0, 0.05) is 17.5 Å². The molecule has 0 saturated carbocycles. The summed E-state index contributed by atoms with van der Waals surface area (Å²) in [4.78, 5) is 12.2. The maximum Gasteiger partial charge on any atom is 0.229 e. The van der Waals surface area contributed by atoms with Crippen LogP contribution in [0.3, 0.4) is 0 Å². The van der Waals surface area contributed by atoms with E-state index in [2.05, 4.69) is 6.58 Å². The van der Waals surface area contributed by atoms with Gasteiger partial charge in [0.05, 0.1) is 0 Å². The fourth-order valence-corrected chi connectivity index (χ4v) is 2.22. The predicted octanol–water partition coefficient (Wildman–Crippen LogP) is 3.45. The maximum absolute atomic E-state index is 12.2. The van der Waals surface area contributed by atoms with Crippen molar-refractivity contribution in [3.05, 3.63) is 65.1 Å². The van der Waals surface area contributed by atoms with Crippen LogP contribution in [0.2, 0.25) is 0 Å². The third kappa shape index (κ3) is 1.30. The Kier molecular flexibility index (Phi) is 2.05. The van der Waals surface area contributed by atoms with Crippen LogP contribution in [0.15, 0.2) is 41.3 Å². The van der Waals surface area contributed by atoms with Gasteiger partial charge in [0.25, 0.3) is 0 Å². The van der Waals surface area contributed by atoms with Gasteiger partial charge in [-0.05, 0) is 17.2 Å². The highest BCUT2D eigenvalue weighted by atomic mass is 16.3. The van der Waals surface area contributed by atoms with Gasteiger partial charge in [0.15, 0.2) is 5.76 Å². The zero-order valence-corrected chi connectivity index (χ0v) is 9.62. The van der Waals surface area contributed by atoms with E-state index in [1.807, 2.05) is 37.3 Å². The van der Waals surface area contributed by atoms with Crippen LogP contribution < -0.4 is 0 Å². The van der Waals surface area contributed by atoms with Crippen LogP contribution in [0, 0.1) is 0 Å². The molecule has 17 heavy (non-hydrogen) atoms. The monoisotopic (exact) mass is 224 g/mol. The molecule has 0 N–H and O–H groups in total. The topological polar surface area (TPSA) is 30.2 Å². The van der Waals surface area contributed by atoms with Gasteiger partial charge in [-0.1, -0.05) is 37.8 Å². The highest BCUT2D eigenvalue weighted by Gasteiger charge is 2.29. The van der Waals surface area contributed by atoms with Crippen molar-refractivity contribution in [3.63, 3.8) is 0 Å². The molecule has 2 aromatic rings. The van der Waals surface area contributed by atoms with E-state index in [9.17, 15) is 4.79 Å². The molecule has 0 bridgehead atoms. The molecule has 0 amide bonds. The molecular weight excluding hydrogens is 212 g/mol. The van der Waals surface area contributed by atoms with Gasteiger partial charge in [0.1, 0.15) is 5.76 Å². The number of ketones is 1. The summed E-state index contributed by atoms with van der Waals surface area (Å²) < 4.78 is 5.58. The third-order valence-corrected chi connectivity index (χ3v) is 3.16. The third-order valence-electron chi connectivity index (χ3n) is 3.16. The van der Waals surface area contributed by atoms with Crippen molar-refractivity contribution in [2.45, 2.75) is 13.3 Å². The van der Waals surface area contributed by atoms with E-state index in [1.54, 1.807) is 0 Å². The van der Waals surface area contributed by atoms with Crippen molar-refractivity contribution < 1.29 is 9.21 Å². The molecule has 1 heterocycles. The van der Waals surface area contributed by atoms with Crippen LogP contribution in [0.5, 0.6) is 0 Å². The fourth-order valence-electron chi connectivity index (χ4n) is 2.22. The van der Waals surface area contributed by atoms with E-state index in [1.165, 1.54) is 0 Å². The van der Waals surface area contributed by atoms with Crippen molar-refractivity contribution in [2.75, 3.05) is 0 Å². The van der Waals surface area contributed by atoms with Crippen LogP contribution in [-0.2, 0) is 6.42 Å². The molecule has 0 fully saturated rings. The highest BCUT2D eigenvalue weighted by Crippen LogP contribution is 2.36. The first kappa shape index (κ1) is 10.1. The van der Waals surface area contributed by atoms with E-state index in [4.69, 9.17) is 4.42 Å². The van der Waals surface area contributed by atoms with E-state index >= 15 is 0 Å². The molecule has 84 valence electrons. The van der Waals surface area contributed by atoms with E-state index in [0.717, 1.165) is 28.9 Å². The van der Waals surface area contributed by atoms with Crippen LogP contribution in [-0.4, -0.2) is 5.78 Å². The van der Waals surface area contributed by atoms with Gasteiger partial charge >= 0.3 is 0 Å². The number of fused-ring (bicyclic) bond motifs is 2. The fraction of sp³-hybridized carbons (Fsp3) is 0.133. The summed E-state index contributed by atoms with van der Waals surface area (Å²) in [5.41, 5.74) is 3.31. The van der Waals surface area contributed by atoms with Crippen molar-refractivity contribution >= 4 is 11.4 Å². The molecule has 3 rings (SSSR count). The van der Waals surface area contributed by atoms with Gasteiger partial charge in [-0.15, -0.1) is 0 Å². The second-order valence-corrected chi connectivity index (χ2v) is 4.16. The Morgan fingerprint density at radius 1 is 1.18 bits per heavy atom. The average Bonchev–Trinajstić information content (AvgIpc) is 2.80. The SMILES string of the molecule is C=C1c2ccccc2C(=O)c2oc(CC)cc21. The molecule has 1 aromatic heterocycles. The number of carbonyl (C=O) groups is 1. The van der Waals surface area contributed by atoms with Gasteiger partial charge in [-0.2, -0.15) is 0 Å². The average molecular weight is 224 g/mol. The normalized spacial score (nSPS) is 13.5. The van der Waals surface area contributed by atoms with Crippen molar-refractivity contribution in [1.82, 2.24) is 0 Å². The first-order chi connectivity index (χ1) is 8.22. The molecular formula is C15H12O2. The van der Waals surface area contributed by atoms with Crippen molar-refractivity contribution in [1.29, 1.82) is 0 Å². The zero-order valence-electron chi connectivity index (χ0n) is 9.62. The molecule has 0 unspecified atom stereocenters. The van der Waals surface area contributed by atoms with Gasteiger partial charge in [-0.25, -0.2) is 0 Å². The smallest absolute Gasteiger partial charge is 0.229 e. The molecule has 2 nitrogen and oxygen atoms in total. The number of furan rings is 1. The second kappa shape index (κ2) is 3.45. The minimum absolute atomic E-state index is 0.0392. The summed E-state index contributed by atoms with van der Waals surface area (Å²) in [6, 6.07) is 9.45. The number of aryl methyl sites for hydroxylation is 1. The van der Waals surface area contributed by atoms with Crippen LogP contribution >= 0.6 is 0 Å². The zero-order chi connectivity index (χ0) is 12.0. The Morgan fingerprint density at radius 3 is 2.59 bits per heavy atom. The van der Waals surface area contributed by atoms with Crippen molar-refractivity contribution in [3.8, 4) is 0 Å². The van der Waals surface area contributed by atoms with Gasteiger partial charge < -0.3 is 4.42 Å². The Morgan fingerprint density at radius 2 is 1.88 bits per heavy atom. The van der Waals surface area contributed by atoms with Gasteiger partial charge in [-0.3, -0.25) is 4.79 Å². The largest absolute Gasteiger partial charge is 0.457 e. The van der Waals surface area contributed by atoms with Crippen LogP contribution in [0.1, 0.15) is 39.9 Å². The lowest BCUT2D eigenvalue weighted by Gasteiger charge is -2.15. The Bertz CT molecular complexity index is 580. The standard InChI is InChI=1S/C15H12O2/c1-3-10-8-13-9(2)11-6-4-5-7-12(11)14(16)15(13)17-10/h4-8H,2-3H2,1H3. The number of hydrogen-bond acceptors (Lipinski definition) is 2. The summed E-state index contributed by atoms with van der Waals surface area (Å²) in [5, 5.41) is 0. The Labute approximate surface area is 99.6 Å². The summed E-state index contributed by atoms with van der Waals surface area (Å²) in [5.74, 6) is 1.23. The number of benzene rings is 1. The molecule has 2 heteroatoms. The van der Waals surface area contributed by atoms with E-state index < -0.39 is 0 Å². The molecule has 1 aliphatic carbocycles. The van der Waals surface area contributed by atoms with Gasteiger partial charge in [0.2, 0.25) is 5.78 Å². The van der Waals surface area contributed by atoms with Crippen LogP contribution in [0.25, 0.3) is 5.57 Å². The summed E-state index contributed by atoms with van der Waals surface area (Å²) in [6.45, 7) is 6.07. The summed E-state index contributed by atoms with van der Waals surface area (Å²) >= 11 is 0. The highest BCUT2D eigenvalue weighted by molar-refractivity contribution is 6.17. The van der Waals surface area contributed by atoms with E-state index in [-0.39, 0.29) is 5.78 Å². The Hall–Kier alpha value is -2.09. The van der Waals surface area contributed by atoms with E-state index in [0.29, 0.717) is 11.3 Å². The minimum Gasteiger partial charge on any atom is -0.457 e. The lowest BCUT2D eigenvalue weighted by molar-refractivity contribution is 0.101. The molecule has 1 aliphatic rings. The maximum atomic E-state index is 12.2. The molecule has 0 saturated heterocycles. The molecule has 0 atom stereocenters. The quantitative estimate of drug-likeness (QED) is 0.633. The molecule has 0 spiro atoms. The summed E-state index contributed by atoms with van der Waals surface area (Å²) in [6.07, 6.45) is 0.782. The Balaban J connectivity index is 2.27. The number of carbonyl (C=O) groups excluding carboxylic acids is 1. The lowest BCUT2D eigenvalue weighted by Crippen LogP contribution is -2.11. The lowest BCUT2D eigenvalue weighted by atomic mass is 9.86. The van der Waals surface area contributed by atoms with Crippen molar-refractivity contribution in [2.24, 2.45) is 0 Å². The number of rotatable bonds is 1. The first-order valence-electron chi connectivity index (χ1n) is 5.68. The summed E-state index contributed by atoms with van der Waals surface area (Å²) in [7, 11) is 0. The second-order valence-electron chi connectivity index (χ2n) is 4.16. The molecule has 1 aromatic carbocycles. The minimum atomic E-state index is -0.0392.